The lowest BCUT2D eigenvalue weighted by Gasteiger charge is -2.41. The summed E-state index contributed by atoms with van der Waals surface area (Å²) in [5, 5.41) is 10.5. The van der Waals surface area contributed by atoms with Crippen molar-refractivity contribution in [2.24, 2.45) is 17.8 Å². The number of likely N-dealkylation sites (tertiary alicyclic amines) is 1. The van der Waals surface area contributed by atoms with Gasteiger partial charge < -0.3 is 19.8 Å². The molecule has 0 saturated carbocycles. The maximum absolute atomic E-state index is 14.6. The highest BCUT2D eigenvalue weighted by Gasteiger charge is 2.74. The van der Waals surface area contributed by atoms with Crippen molar-refractivity contribution in [2.75, 3.05) is 31.1 Å². The predicted molar refractivity (Wildman–Crippen MR) is 162 cm³/mol. The Labute approximate surface area is 243 Å². The summed E-state index contributed by atoms with van der Waals surface area (Å²) < 4.78 is -0.692. The summed E-state index contributed by atoms with van der Waals surface area (Å²) in [4.78, 5) is 48.6. The molecular weight excluding hydrogens is 522 g/mol. The highest BCUT2D eigenvalue weighted by Crippen LogP contribution is 2.67. The molecule has 3 aliphatic heterocycles. The van der Waals surface area contributed by atoms with Gasteiger partial charge in [0.05, 0.1) is 29.2 Å². The van der Waals surface area contributed by atoms with E-state index in [0.717, 1.165) is 31.4 Å². The van der Waals surface area contributed by atoms with E-state index in [2.05, 4.69) is 20.1 Å². The van der Waals surface area contributed by atoms with Crippen LogP contribution in [0.1, 0.15) is 52.9 Å². The molecule has 1 spiro atoms. The van der Waals surface area contributed by atoms with Gasteiger partial charge in [0, 0.05) is 30.6 Å². The van der Waals surface area contributed by atoms with Gasteiger partial charge in [0.25, 0.3) is 0 Å². The number of carbonyl (C=O) groups excluding carboxylic acids is 3. The van der Waals surface area contributed by atoms with E-state index in [9.17, 15) is 19.5 Å². The van der Waals surface area contributed by atoms with Crippen molar-refractivity contribution in [3.63, 3.8) is 0 Å². The zero-order valence-corrected chi connectivity index (χ0v) is 25.0. The van der Waals surface area contributed by atoms with Gasteiger partial charge in [-0.15, -0.1) is 24.9 Å². The number of aliphatic hydroxyl groups is 1. The molecule has 0 radical (unpaired) electrons. The number of benzene rings is 1. The predicted octanol–water partition coefficient (Wildman–Crippen LogP) is 4.52. The van der Waals surface area contributed by atoms with E-state index in [1.165, 1.54) is 0 Å². The molecule has 218 valence electrons. The molecule has 0 aromatic heterocycles. The fourth-order valence-electron chi connectivity index (χ4n) is 7.03. The Morgan fingerprint density at radius 1 is 1.18 bits per heavy atom. The molecule has 3 heterocycles. The maximum Gasteiger partial charge on any atom is 0.247 e. The first-order valence-corrected chi connectivity index (χ1v) is 15.7. The van der Waals surface area contributed by atoms with Crippen molar-refractivity contribution in [2.45, 2.75) is 75.0 Å². The van der Waals surface area contributed by atoms with Gasteiger partial charge in [-0.1, -0.05) is 64.0 Å². The molecular formula is C32H45N3O4S. The maximum atomic E-state index is 14.6. The number of nitrogens with zero attached hydrogens (tertiary/aromatic N) is 3. The van der Waals surface area contributed by atoms with E-state index in [4.69, 9.17) is 0 Å². The molecule has 3 saturated heterocycles. The Balaban J connectivity index is 1.79. The van der Waals surface area contributed by atoms with Crippen molar-refractivity contribution in [1.82, 2.24) is 9.80 Å². The highest BCUT2D eigenvalue weighted by atomic mass is 32.2. The van der Waals surface area contributed by atoms with Crippen LogP contribution in [0, 0.1) is 17.8 Å². The number of rotatable bonds is 14. The van der Waals surface area contributed by atoms with Crippen LogP contribution in [0.25, 0.3) is 0 Å². The van der Waals surface area contributed by atoms with Gasteiger partial charge in [-0.2, -0.15) is 0 Å². The summed E-state index contributed by atoms with van der Waals surface area (Å²) in [5.74, 6) is -1.48. The molecule has 40 heavy (non-hydrogen) atoms. The van der Waals surface area contributed by atoms with Crippen LogP contribution in [0.4, 0.5) is 5.69 Å². The zero-order valence-electron chi connectivity index (χ0n) is 24.2. The summed E-state index contributed by atoms with van der Waals surface area (Å²) in [6.45, 7) is 15.0. The van der Waals surface area contributed by atoms with Crippen LogP contribution in [0.15, 0.2) is 55.6 Å². The Kier molecular flexibility index (Phi) is 9.83. The summed E-state index contributed by atoms with van der Waals surface area (Å²) in [6.07, 6.45) is 7.50. The number of unbranched alkanes of at least 4 members (excludes halogenated alkanes) is 1. The number of carbonyl (C=O) groups is 3. The SMILES string of the molecule is C=CCN(CCCC)C(=O)C1N([C@@H](CO)[C@@H](C)CC)C(=O)[C@@H]2[C@@H](C(=O)N(CC=C)c3ccccc3)[C@H]3CCC12S3. The number of thioether (sulfide) groups is 1. The van der Waals surface area contributed by atoms with E-state index in [0.29, 0.717) is 26.1 Å². The van der Waals surface area contributed by atoms with Gasteiger partial charge in [-0.05, 0) is 37.3 Å². The zero-order chi connectivity index (χ0) is 29.0. The number of anilines is 1. The number of hydrogen-bond acceptors (Lipinski definition) is 5. The molecule has 3 fully saturated rings. The Morgan fingerprint density at radius 2 is 1.88 bits per heavy atom. The number of aliphatic hydroxyl groups excluding tert-OH is 1. The van der Waals surface area contributed by atoms with Crippen LogP contribution in [0.2, 0.25) is 0 Å². The molecule has 1 N–H and O–H groups in total. The average Bonchev–Trinajstić information content (AvgIpc) is 3.61. The van der Waals surface area contributed by atoms with Gasteiger partial charge in [0.15, 0.2) is 0 Å². The van der Waals surface area contributed by atoms with Crippen LogP contribution in [0.3, 0.4) is 0 Å². The molecule has 0 aliphatic carbocycles. The normalized spacial score (nSPS) is 28.2. The van der Waals surface area contributed by atoms with E-state index in [1.807, 2.05) is 49.1 Å². The Bertz CT molecular complexity index is 1100. The summed E-state index contributed by atoms with van der Waals surface area (Å²) in [7, 11) is 0. The first kappa shape index (κ1) is 30.4. The van der Waals surface area contributed by atoms with Crippen LogP contribution >= 0.6 is 11.8 Å². The fourth-order valence-corrected chi connectivity index (χ4v) is 9.22. The van der Waals surface area contributed by atoms with Crippen molar-refractivity contribution >= 4 is 35.2 Å². The molecule has 7 nitrogen and oxygen atoms in total. The van der Waals surface area contributed by atoms with E-state index in [-0.39, 0.29) is 35.5 Å². The number of amides is 3. The number of hydrogen-bond donors (Lipinski definition) is 1. The van der Waals surface area contributed by atoms with Gasteiger partial charge in [0.2, 0.25) is 17.7 Å². The molecule has 2 unspecified atom stereocenters. The smallest absolute Gasteiger partial charge is 0.247 e. The highest BCUT2D eigenvalue weighted by molar-refractivity contribution is 8.02. The summed E-state index contributed by atoms with van der Waals surface area (Å²) in [5.41, 5.74) is 0.772. The Morgan fingerprint density at radius 3 is 2.48 bits per heavy atom. The minimum atomic E-state index is -0.717. The molecule has 3 amide bonds. The van der Waals surface area contributed by atoms with Crippen molar-refractivity contribution < 1.29 is 19.5 Å². The second kappa shape index (κ2) is 12.9. The van der Waals surface area contributed by atoms with Gasteiger partial charge in [0.1, 0.15) is 6.04 Å². The molecule has 1 aromatic rings. The quantitative estimate of drug-likeness (QED) is 0.335. The molecule has 7 atom stereocenters. The topological polar surface area (TPSA) is 81.2 Å². The Hall–Kier alpha value is -2.58. The van der Waals surface area contributed by atoms with Crippen LogP contribution in [0.5, 0.6) is 0 Å². The largest absolute Gasteiger partial charge is 0.394 e. The summed E-state index contributed by atoms with van der Waals surface area (Å²) in [6, 6.07) is 8.30. The third-order valence-electron chi connectivity index (χ3n) is 9.19. The van der Waals surface area contributed by atoms with Crippen molar-refractivity contribution in [1.29, 1.82) is 0 Å². The minimum Gasteiger partial charge on any atom is -0.394 e. The molecule has 8 heteroatoms. The van der Waals surface area contributed by atoms with E-state index in [1.54, 1.807) is 33.7 Å². The molecule has 2 bridgehead atoms. The van der Waals surface area contributed by atoms with E-state index >= 15 is 0 Å². The number of para-hydroxylation sites is 1. The minimum absolute atomic E-state index is 0.000840. The van der Waals surface area contributed by atoms with Crippen LogP contribution < -0.4 is 4.90 Å². The van der Waals surface area contributed by atoms with Gasteiger partial charge >= 0.3 is 0 Å². The summed E-state index contributed by atoms with van der Waals surface area (Å²) >= 11 is 1.68. The van der Waals surface area contributed by atoms with Crippen molar-refractivity contribution in [3.8, 4) is 0 Å². The third-order valence-corrected chi connectivity index (χ3v) is 11.1. The molecule has 3 aliphatic rings. The monoisotopic (exact) mass is 567 g/mol. The van der Waals surface area contributed by atoms with Crippen molar-refractivity contribution in [3.05, 3.63) is 55.6 Å². The second-order valence-corrected chi connectivity index (χ2v) is 13.0. The second-order valence-electron chi connectivity index (χ2n) is 11.4. The molecule has 1 aromatic carbocycles. The first-order chi connectivity index (χ1) is 19.3. The van der Waals surface area contributed by atoms with Crippen LogP contribution in [-0.4, -0.2) is 80.9 Å². The lowest BCUT2D eigenvalue weighted by molar-refractivity contribution is -0.146. The average molecular weight is 568 g/mol. The lowest BCUT2D eigenvalue weighted by Crippen LogP contribution is -2.58. The van der Waals surface area contributed by atoms with E-state index < -0.39 is 28.7 Å². The van der Waals surface area contributed by atoms with Crippen LogP contribution in [-0.2, 0) is 14.4 Å². The first-order valence-electron chi connectivity index (χ1n) is 14.8. The fraction of sp³-hybridized carbons (Fsp3) is 0.594. The number of fused-ring (bicyclic) bond motifs is 1. The third kappa shape index (κ3) is 5.13. The standard InChI is InChI=1S/C32H45N3O4S/c1-6-10-20-33(18-7-2)31(39)28-32-17-16-25(40-32)26(27(32)30(38)35(28)24(21-36)22(5)9-4)29(37)34(19-8-3)23-14-12-11-13-15-23/h7-8,11-15,22,24-28,36H,2-3,6,9-10,16-21H2,1,4-5H3/t22-,24-,25+,26-,27-,28?,32?/m0/s1. The lowest BCUT2D eigenvalue weighted by atomic mass is 9.70. The van der Waals surface area contributed by atoms with Gasteiger partial charge in [-0.25, -0.2) is 0 Å². The van der Waals surface area contributed by atoms with Gasteiger partial charge in [-0.3, -0.25) is 14.4 Å². The molecule has 4 rings (SSSR count).